The molecular weight excluding hydrogens is 246 g/mol. The van der Waals surface area contributed by atoms with Crippen LogP contribution in [-0.4, -0.2) is 28.7 Å². The predicted octanol–water partition coefficient (Wildman–Crippen LogP) is 1.29. The Hall–Kier alpha value is -1.88. The highest BCUT2D eigenvalue weighted by Crippen LogP contribution is 2.38. The largest absolute Gasteiger partial charge is 0.481 e. The standard InChI is InChI=1S/C14H17NO4/c15-6-5-14(13(18)19)4-3-9-7-10(12(16)17)1-2-11(9)8-14/h1-2,7H,3-6,8,15H2,(H,16,17)(H,18,19). The van der Waals surface area contributed by atoms with Crippen molar-refractivity contribution < 1.29 is 19.8 Å². The van der Waals surface area contributed by atoms with Crippen molar-refractivity contribution in [2.45, 2.75) is 25.7 Å². The molecule has 0 amide bonds. The number of aromatic carboxylic acids is 1. The van der Waals surface area contributed by atoms with Crippen LogP contribution in [-0.2, 0) is 17.6 Å². The summed E-state index contributed by atoms with van der Waals surface area (Å²) >= 11 is 0. The van der Waals surface area contributed by atoms with E-state index in [0.717, 1.165) is 11.1 Å². The van der Waals surface area contributed by atoms with Crippen molar-refractivity contribution in [2.24, 2.45) is 11.1 Å². The Morgan fingerprint density at radius 2 is 2.00 bits per heavy atom. The normalized spacial score (nSPS) is 21.7. The van der Waals surface area contributed by atoms with E-state index in [1.54, 1.807) is 12.1 Å². The third kappa shape index (κ3) is 2.46. The van der Waals surface area contributed by atoms with E-state index in [1.807, 2.05) is 0 Å². The third-order valence-corrected chi connectivity index (χ3v) is 3.93. The Kier molecular flexibility index (Phi) is 3.57. The van der Waals surface area contributed by atoms with E-state index in [0.29, 0.717) is 32.2 Å². The van der Waals surface area contributed by atoms with Crippen molar-refractivity contribution in [3.05, 3.63) is 34.9 Å². The van der Waals surface area contributed by atoms with E-state index in [9.17, 15) is 14.7 Å². The van der Waals surface area contributed by atoms with Gasteiger partial charge in [0, 0.05) is 0 Å². The molecule has 0 saturated carbocycles. The number of aliphatic carboxylic acids is 1. The predicted molar refractivity (Wildman–Crippen MR) is 69.2 cm³/mol. The zero-order chi connectivity index (χ0) is 14.0. The van der Waals surface area contributed by atoms with Gasteiger partial charge in [-0.05, 0) is 55.5 Å². The highest BCUT2D eigenvalue weighted by Gasteiger charge is 2.40. The Morgan fingerprint density at radius 1 is 1.26 bits per heavy atom. The number of rotatable bonds is 4. The summed E-state index contributed by atoms with van der Waals surface area (Å²) in [6.45, 7) is 0.342. The minimum Gasteiger partial charge on any atom is -0.481 e. The molecule has 1 unspecified atom stereocenters. The summed E-state index contributed by atoms with van der Waals surface area (Å²) < 4.78 is 0. The second-order valence-corrected chi connectivity index (χ2v) is 5.09. The van der Waals surface area contributed by atoms with Gasteiger partial charge in [-0.15, -0.1) is 0 Å². The number of hydrogen-bond donors (Lipinski definition) is 3. The first-order chi connectivity index (χ1) is 8.98. The summed E-state index contributed by atoms with van der Waals surface area (Å²) in [5.74, 6) is -1.77. The topological polar surface area (TPSA) is 101 Å². The molecule has 1 atom stereocenters. The lowest BCUT2D eigenvalue weighted by Crippen LogP contribution is -2.38. The summed E-state index contributed by atoms with van der Waals surface area (Å²) in [4.78, 5) is 22.4. The van der Waals surface area contributed by atoms with Crippen LogP contribution < -0.4 is 5.73 Å². The number of fused-ring (bicyclic) bond motifs is 1. The van der Waals surface area contributed by atoms with Crippen LogP contribution in [0.25, 0.3) is 0 Å². The van der Waals surface area contributed by atoms with Crippen LogP contribution in [0.4, 0.5) is 0 Å². The number of benzene rings is 1. The van der Waals surface area contributed by atoms with Gasteiger partial charge in [-0.2, -0.15) is 0 Å². The van der Waals surface area contributed by atoms with E-state index in [1.165, 1.54) is 6.07 Å². The summed E-state index contributed by atoms with van der Waals surface area (Å²) in [7, 11) is 0. The zero-order valence-electron chi connectivity index (χ0n) is 10.6. The molecule has 1 aromatic carbocycles. The molecule has 0 fully saturated rings. The lowest BCUT2D eigenvalue weighted by molar-refractivity contribution is -0.150. The first kappa shape index (κ1) is 13.5. The summed E-state index contributed by atoms with van der Waals surface area (Å²) in [5.41, 5.74) is 6.84. The second kappa shape index (κ2) is 5.01. The quantitative estimate of drug-likeness (QED) is 0.760. The number of carbonyl (C=O) groups is 2. The van der Waals surface area contributed by atoms with Crippen molar-refractivity contribution in [3.8, 4) is 0 Å². The second-order valence-electron chi connectivity index (χ2n) is 5.09. The summed E-state index contributed by atoms with van der Waals surface area (Å²) in [6.07, 6.45) is 1.97. The molecule has 2 rings (SSSR count). The summed E-state index contributed by atoms with van der Waals surface area (Å²) in [6, 6.07) is 4.90. The van der Waals surface area contributed by atoms with Crippen molar-refractivity contribution >= 4 is 11.9 Å². The van der Waals surface area contributed by atoms with Crippen molar-refractivity contribution in [3.63, 3.8) is 0 Å². The molecule has 1 aliphatic rings. The number of carboxylic acids is 2. The molecule has 0 aliphatic heterocycles. The average molecular weight is 263 g/mol. The molecule has 5 heteroatoms. The van der Waals surface area contributed by atoms with E-state index < -0.39 is 17.4 Å². The first-order valence-corrected chi connectivity index (χ1v) is 6.27. The third-order valence-electron chi connectivity index (χ3n) is 3.93. The van der Waals surface area contributed by atoms with Crippen LogP contribution in [0.15, 0.2) is 18.2 Å². The van der Waals surface area contributed by atoms with Crippen molar-refractivity contribution in [1.29, 1.82) is 0 Å². The van der Waals surface area contributed by atoms with E-state index in [4.69, 9.17) is 10.8 Å². The molecule has 0 bridgehead atoms. The summed E-state index contributed by atoms with van der Waals surface area (Å²) in [5, 5.41) is 18.4. The molecule has 4 N–H and O–H groups in total. The van der Waals surface area contributed by atoms with Gasteiger partial charge in [0.1, 0.15) is 0 Å². The lowest BCUT2D eigenvalue weighted by atomic mass is 9.69. The Balaban J connectivity index is 2.34. The number of aryl methyl sites for hydroxylation is 1. The maximum atomic E-state index is 11.5. The van der Waals surface area contributed by atoms with Crippen LogP contribution >= 0.6 is 0 Å². The van der Waals surface area contributed by atoms with Gasteiger partial charge < -0.3 is 15.9 Å². The SMILES string of the molecule is NCCC1(C(=O)O)CCc2cc(C(=O)O)ccc2C1. The Labute approximate surface area is 111 Å². The van der Waals surface area contributed by atoms with Gasteiger partial charge in [0.25, 0.3) is 0 Å². The maximum absolute atomic E-state index is 11.5. The molecule has 0 spiro atoms. The molecule has 0 radical (unpaired) electrons. The van der Waals surface area contributed by atoms with Gasteiger partial charge >= 0.3 is 11.9 Å². The van der Waals surface area contributed by atoms with Gasteiger partial charge in [0.2, 0.25) is 0 Å². The minimum absolute atomic E-state index is 0.250. The highest BCUT2D eigenvalue weighted by molar-refractivity contribution is 5.88. The zero-order valence-corrected chi connectivity index (χ0v) is 10.6. The van der Waals surface area contributed by atoms with E-state index in [2.05, 4.69) is 0 Å². The van der Waals surface area contributed by atoms with Crippen molar-refractivity contribution in [2.75, 3.05) is 6.54 Å². The lowest BCUT2D eigenvalue weighted by Gasteiger charge is -2.34. The van der Waals surface area contributed by atoms with Crippen LogP contribution in [0.2, 0.25) is 0 Å². The van der Waals surface area contributed by atoms with Crippen LogP contribution in [0.1, 0.15) is 34.3 Å². The molecule has 1 aliphatic carbocycles. The number of nitrogens with two attached hydrogens (primary N) is 1. The molecule has 19 heavy (non-hydrogen) atoms. The average Bonchev–Trinajstić information content (AvgIpc) is 2.38. The highest BCUT2D eigenvalue weighted by atomic mass is 16.4. The van der Waals surface area contributed by atoms with Gasteiger partial charge in [-0.1, -0.05) is 6.07 Å². The molecule has 1 aromatic rings. The fourth-order valence-electron chi connectivity index (χ4n) is 2.77. The first-order valence-electron chi connectivity index (χ1n) is 6.27. The molecule has 0 aromatic heterocycles. The van der Waals surface area contributed by atoms with Crippen LogP contribution in [0.5, 0.6) is 0 Å². The molecule has 0 saturated heterocycles. The monoisotopic (exact) mass is 263 g/mol. The maximum Gasteiger partial charge on any atom is 0.335 e. The molecule has 0 heterocycles. The van der Waals surface area contributed by atoms with Gasteiger partial charge in [-0.3, -0.25) is 4.79 Å². The van der Waals surface area contributed by atoms with Crippen molar-refractivity contribution in [1.82, 2.24) is 0 Å². The minimum atomic E-state index is -0.958. The van der Waals surface area contributed by atoms with Gasteiger partial charge in [0.05, 0.1) is 11.0 Å². The fraction of sp³-hybridized carbons (Fsp3) is 0.429. The fourth-order valence-corrected chi connectivity index (χ4v) is 2.77. The van der Waals surface area contributed by atoms with Crippen LogP contribution in [0.3, 0.4) is 0 Å². The van der Waals surface area contributed by atoms with Gasteiger partial charge in [-0.25, -0.2) is 4.79 Å². The van der Waals surface area contributed by atoms with Gasteiger partial charge in [0.15, 0.2) is 0 Å². The van der Waals surface area contributed by atoms with E-state index >= 15 is 0 Å². The Bertz CT molecular complexity index is 526. The molecular formula is C14H17NO4. The smallest absolute Gasteiger partial charge is 0.335 e. The number of carboxylic acid groups (broad SMARTS) is 2. The Morgan fingerprint density at radius 3 is 2.58 bits per heavy atom. The number of hydrogen-bond acceptors (Lipinski definition) is 3. The molecule has 5 nitrogen and oxygen atoms in total. The molecule has 102 valence electrons. The van der Waals surface area contributed by atoms with E-state index in [-0.39, 0.29) is 5.56 Å². The van der Waals surface area contributed by atoms with Crippen LogP contribution in [0, 0.1) is 5.41 Å².